The van der Waals surface area contributed by atoms with Crippen molar-refractivity contribution in [3.05, 3.63) is 18.0 Å². The maximum absolute atomic E-state index is 11.6. The van der Waals surface area contributed by atoms with Gasteiger partial charge in [-0.25, -0.2) is 9.97 Å². The molecule has 0 aromatic carbocycles. The first-order valence-corrected chi connectivity index (χ1v) is 7.41. The van der Waals surface area contributed by atoms with Gasteiger partial charge in [0.15, 0.2) is 0 Å². The van der Waals surface area contributed by atoms with E-state index in [9.17, 15) is 4.79 Å². The van der Waals surface area contributed by atoms with Crippen molar-refractivity contribution < 1.29 is 9.53 Å². The molecular weight excluding hydrogens is 254 g/mol. The second kappa shape index (κ2) is 8.51. The Balaban J connectivity index is 0.000000956. The van der Waals surface area contributed by atoms with Crippen molar-refractivity contribution in [2.75, 3.05) is 24.6 Å². The van der Waals surface area contributed by atoms with Crippen LogP contribution in [0.1, 0.15) is 39.2 Å². The molecule has 5 heteroatoms. The summed E-state index contributed by atoms with van der Waals surface area (Å²) in [5, 5.41) is 0. The molecule has 2 heterocycles. The number of piperidine rings is 1. The molecule has 0 bridgehead atoms. The van der Waals surface area contributed by atoms with Gasteiger partial charge in [-0.05, 0) is 32.3 Å². The van der Waals surface area contributed by atoms with Crippen LogP contribution in [0, 0.1) is 12.8 Å². The third-order valence-corrected chi connectivity index (χ3v) is 3.17. The molecule has 0 atom stereocenters. The molecule has 0 radical (unpaired) electrons. The van der Waals surface area contributed by atoms with Gasteiger partial charge in [0.25, 0.3) is 0 Å². The highest BCUT2D eigenvalue weighted by atomic mass is 16.5. The first-order chi connectivity index (χ1) is 9.70. The molecule has 1 aromatic heterocycles. The summed E-state index contributed by atoms with van der Waals surface area (Å²) in [5.74, 6) is 0.719. The molecule has 1 fully saturated rings. The van der Waals surface area contributed by atoms with Crippen LogP contribution < -0.4 is 4.90 Å². The lowest BCUT2D eigenvalue weighted by atomic mass is 9.97. The average molecular weight is 279 g/mol. The van der Waals surface area contributed by atoms with Crippen LogP contribution in [0.25, 0.3) is 0 Å². The number of carbonyl (C=O) groups excluding carboxylic acids is 1. The summed E-state index contributed by atoms with van der Waals surface area (Å²) in [4.78, 5) is 22.3. The fraction of sp³-hybridized carbons (Fsp3) is 0.667. The number of aryl methyl sites for hydroxylation is 1. The Kier molecular flexibility index (Phi) is 6.98. The molecule has 0 N–H and O–H groups in total. The number of ether oxygens (including phenoxy) is 1. The van der Waals surface area contributed by atoms with E-state index in [1.54, 1.807) is 0 Å². The van der Waals surface area contributed by atoms with Crippen LogP contribution in [0.5, 0.6) is 0 Å². The van der Waals surface area contributed by atoms with E-state index in [2.05, 4.69) is 14.9 Å². The summed E-state index contributed by atoms with van der Waals surface area (Å²) in [7, 11) is 0. The van der Waals surface area contributed by atoms with E-state index in [1.807, 2.05) is 40.1 Å². The van der Waals surface area contributed by atoms with Crippen LogP contribution in [-0.2, 0) is 9.53 Å². The topological polar surface area (TPSA) is 55.3 Å². The standard InChI is InChI=1S/C13H19N3O2.C2H6/c1-3-18-12(17)11-4-6-16(7-5-11)13-14-8-10(2)9-15-13;1-2/h8-9,11H,3-7H2,1-2H3;1-2H3. The van der Waals surface area contributed by atoms with Gasteiger partial charge in [0.05, 0.1) is 12.5 Å². The highest BCUT2D eigenvalue weighted by Crippen LogP contribution is 2.21. The predicted octanol–water partition coefficient (Wildman–Crippen LogP) is 2.59. The maximum atomic E-state index is 11.6. The highest BCUT2D eigenvalue weighted by molar-refractivity contribution is 5.72. The minimum Gasteiger partial charge on any atom is -0.466 e. The van der Waals surface area contributed by atoms with Gasteiger partial charge in [-0.2, -0.15) is 0 Å². The van der Waals surface area contributed by atoms with Crippen molar-refractivity contribution in [1.29, 1.82) is 0 Å². The van der Waals surface area contributed by atoms with E-state index in [1.165, 1.54) is 0 Å². The molecule has 0 saturated carbocycles. The number of rotatable bonds is 3. The second-order valence-electron chi connectivity index (χ2n) is 4.57. The molecule has 112 valence electrons. The Morgan fingerprint density at radius 1 is 1.30 bits per heavy atom. The summed E-state index contributed by atoms with van der Waals surface area (Å²) < 4.78 is 5.05. The summed E-state index contributed by atoms with van der Waals surface area (Å²) in [6, 6.07) is 0. The third-order valence-electron chi connectivity index (χ3n) is 3.17. The first-order valence-electron chi connectivity index (χ1n) is 7.41. The number of anilines is 1. The van der Waals surface area contributed by atoms with E-state index in [-0.39, 0.29) is 11.9 Å². The smallest absolute Gasteiger partial charge is 0.309 e. The molecule has 20 heavy (non-hydrogen) atoms. The van der Waals surface area contributed by atoms with Gasteiger partial charge in [-0.3, -0.25) is 4.79 Å². The Hall–Kier alpha value is -1.65. The van der Waals surface area contributed by atoms with Crippen molar-refractivity contribution in [3.63, 3.8) is 0 Å². The summed E-state index contributed by atoms with van der Waals surface area (Å²) in [6.45, 7) is 9.89. The molecule has 0 unspecified atom stereocenters. The molecule has 0 aliphatic carbocycles. The van der Waals surface area contributed by atoms with Gasteiger partial charge >= 0.3 is 5.97 Å². The lowest BCUT2D eigenvalue weighted by Crippen LogP contribution is -2.37. The monoisotopic (exact) mass is 279 g/mol. The van der Waals surface area contributed by atoms with Crippen molar-refractivity contribution in [2.24, 2.45) is 5.92 Å². The zero-order valence-electron chi connectivity index (χ0n) is 12.9. The number of esters is 1. The van der Waals surface area contributed by atoms with Crippen LogP contribution >= 0.6 is 0 Å². The molecule has 1 saturated heterocycles. The molecular formula is C15H25N3O2. The van der Waals surface area contributed by atoms with Crippen LogP contribution in [0.15, 0.2) is 12.4 Å². The number of aromatic nitrogens is 2. The largest absolute Gasteiger partial charge is 0.466 e. The normalized spacial score (nSPS) is 15.3. The molecule has 1 aliphatic rings. The summed E-state index contributed by atoms with van der Waals surface area (Å²) >= 11 is 0. The van der Waals surface area contributed by atoms with E-state index >= 15 is 0 Å². The van der Waals surface area contributed by atoms with Gasteiger partial charge in [0.1, 0.15) is 0 Å². The Labute approximate surface area is 121 Å². The lowest BCUT2D eigenvalue weighted by Gasteiger charge is -2.30. The SMILES string of the molecule is CC.CCOC(=O)C1CCN(c2ncc(C)cn2)CC1. The van der Waals surface area contributed by atoms with Gasteiger partial charge < -0.3 is 9.64 Å². The molecule has 2 rings (SSSR count). The third kappa shape index (κ3) is 4.47. The van der Waals surface area contributed by atoms with Crippen LogP contribution in [0.3, 0.4) is 0 Å². The van der Waals surface area contributed by atoms with Crippen molar-refractivity contribution >= 4 is 11.9 Å². The van der Waals surface area contributed by atoms with Crippen molar-refractivity contribution in [1.82, 2.24) is 9.97 Å². The maximum Gasteiger partial charge on any atom is 0.309 e. The Morgan fingerprint density at radius 2 is 1.85 bits per heavy atom. The van der Waals surface area contributed by atoms with E-state index in [0.29, 0.717) is 6.61 Å². The van der Waals surface area contributed by atoms with Gasteiger partial charge in [0.2, 0.25) is 5.95 Å². The van der Waals surface area contributed by atoms with Crippen LogP contribution in [-0.4, -0.2) is 35.6 Å². The van der Waals surface area contributed by atoms with E-state index < -0.39 is 0 Å². The van der Waals surface area contributed by atoms with Gasteiger partial charge in [0, 0.05) is 25.5 Å². The fourth-order valence-electron chi connectivity index (χ4n) is 2.12. The number of carbonyl (C=O) groups is 1. The van der Waals surface area contributed by atoms with E-state index in [4.69, 9.17) is 4.74 Å². The molecule has 1 aliphatic heterocycles. The zero-order valence-corrected chi connectivity index (χ0v) is 12.9. The molecule has 1 aromatic rings. The van der Waals surface area contributed by atoms with Gasteiger partial charge in [-0.15, -0.1) is 0 Å². The Bertz CT molecular complexity index is 398. The number of hydrogen-bond acceptors (Lipinski definition) is 5. The minimum absolute atomic E-state index is 0.0339. The quantitative estimate of drug-likeness (QED) is 0.796. The summed E-state index contributed by atoms with van der Waals surface area (Å²) in [6.07, 6.45) is 5.27. The number of nitrogens with zero attached hydrogens (tertiary/aromatic N) is 3. The van der Waals surface area contributed by atoms with Gasteiger partial charge in [-0.1, -0.05) is 13.8 Å². The fourth-order valence-corrected chi connectivity index (χ4v) is 2.12. The molecule has 0 amide bonds. The van der Waals surface area contributed by atoms with Crippen LogP contribution in [0.2, 0.25) is 0 Å². The van der Waals surface area contributed by atoms with Crippen LogP contribution in [0.4, 0.5) is 5.95 Å². The number of hydrogen-bond donors (Lipinski definition) is 0. The predicted molar refractivity (Wildman–Crippen MR) is 79.7 cm³/mol. The van der Waals surface area contributed by atoms with E-state index in [0.717, 1.165) is 37.4 Å². The molecule has 0 spiro atoms. The summed E-state index contributed by atoms with van der Waals surface area (Å²) in [5.41, 5.74) is 1.06. The van der Waals surface area contributed by atoms with Crippen molar-refractivity contribution in [2.45, 2.75) is 40.5 Å². The highest BCUT2D eigenvalue weighted by Gasteiger charge is 2.26. The van der Waals surface area contributed by atoms with Crippen molar-refractivity contribution in [3.8, 4) is 0 Å². The Morgan fingerprint density at radius 3 is 2.35 bits per heavy atom. The first kappa shape index (κ1) is 16.4. The average Bonchev–Trinajstić information content (AvgIpc) is 2.50. The second-order valence-corrected chi connectivity index (χ2v) is 4.57. The minimum atomic E-state index is -0.0676. The zero-order chi connectivity index (χ0) is 15.0. The molecule has 5 nitrogen and oxygen atoms in total. The lowest BCUT2D eigenvalue weighted by molar-refractivity contribution is -0.148.